The Morgan fingerprint density at radius 2 is 2.23 bits per heavy atom. The Kier molecular flexibility index (Phi) is 5.26. The van der Waals surface area contributed by atoms with Gasteiger partial charge in [0.1, 0.15) is 17.6 Å². The maximum Gasteiger partial charge on any atom is 0.407 e. The molecule has 7 heteroatoms. The van der Waals surface area contributed by atoms with Gasteiger partial charge >= 0.3 is 6.09 Å². The highest BCUT2D eigenvalue weighted by atomic mass is 79.9. The predicted molar refractivity (Wildman–Crippen MR) is 86.8 cm³/mol. The van der Waals surface area contributed by atoms with Gasteiger partial charge in [0.2, 0.25) is 0 Å². The molecule has 0 aromatic carbocycles. The SMILES string of the molecule is CC(C)(C)OC(=O)N[C@H]1CCN(c2ccc(Br)cn2)C[C@H]1F. The molecule has 2 atom stereocenters. The molecular formula is C15H21BrFN3O2. The van der Waals surface area contributed by atoms with E-state index in [-0.39, 0.29) is 6.54 Å². The first-order valence-electron chi connectivity index (χ1n) is 7.25. The lowest BCUT2D eigenvalue weighted by Gasteiger charge is -2.36. The number of piperidine rings is 1. The minimum Gasteiger partial charge on any atom is -0.444 e. The summed E-state index contributed by atoms with van der Waals surface area (Å²) in [5, 5.41) is 2.62. The van der Waals surface area contributed by atoms with Crippen molar-refractivity contribution in [2.75, 3.05) is 18.0 Å². The maximum absolute atomic E-state index is 14.3. The van der Waals surface area contributed by atoms with Gasteiger partial charge in [-0.15, -0.1) is 0 Å². The summed E-state index contributed by atoms with van der Waals surface area (Å²) in [6, 6.07) is 3.19. The first kappa shape index (κ1) is 17.0. The Morgan fingerprint density at radius 3 is 2.77 bits per heavy atom. The summed E-state index contributed by atoms with van der Waals surface area (Å²) < 4.78 is 20.4. The molecule has 2 rings (SSSR count). The zero-order chi connectivity index (χ0) is 16.3. The number of amides is 1. The third kappa shape index (κ3) is 4.83. The molecule has 0 radical (unpaired) electrons. The summed E-state index contributed by atoms with van der Waals surface area (Å²) >= 11 is 3.33. The molecule has 0 spiro atoms. The number of hydrogen-bond acceptors (Lipinski definition) is 4. The number of aromatic nitrogens is 1. The van der Waals surface area contributed by atoms with Crippen LogP contribution in [0.5, 0.6) is 0 Å². The third-order valence-corrected chi connectivity index (χ3v) is 3.75. The van der Waals surface area contributed by atoms with E-state index >= 15 is 0 Å². The van der Waals surface area contributed by atoms with Gasteiger partial charge in [-0.05, 0) is 55.3 Å². The molecule has 1 saturated heterocycles. The van der Waals surface area contributed by atoms with Crippen molar-refractivity contribution in [2.45, 2.75) is 45.0 Å². The van der Waals surface area contributed by atoms with Gasteiger partial charge in [-0.3, -0.25) is 0 Å². The summed E-state index contributed by atoms with van der Waals surface area (Å²) in [6.07, 6.45) is 0.466. The van der Waals surface area contributed by atoms with E-state index in [0.717, 1.165) is 10.3 Å². The van der Waals surface area contributed by atoms with Crippen molar-refractivity contribution in [3.05, 3.63) is 22.8 Å². The molecule has 1 aliphatic rings. The summed E-state index contributed by atoms with van der Waals surface area (Å²) in [7, 11) is 0. The van der Waals surface area contributed by atoms with Crippen LogP contribution >= 0.6 is 15.9 Å². The fraction of sp³-hybridized carbons (Fsp3) is 0.600. The van der Waals surface area contributed by atoms with Crippen molar-refractivity contribution in [1.82, 2.24) is 10.3 Å². The van der Waals surface area contributed by atoms with Gasteiger partial charge in [0, 0.05) is 17.2 Å². The molecule has 2 heterocycles. The lowest BCUT2D eigenvalue weighted by Crippen LogP contribution is -2.53. The summed E-state index contributed by atoms with van der Waals surface area (Å²) in [6.45, 7) is 6.18. The number of carbonyl (C=O) groups excluding carboxylic acids is 1. The van der Waals surface area contributed by atoms with Crippen molar-refractivity contribution in [1.29, 1.82) is 0 Å². The lowest BCUT2D eigenvalue weighted by atomic mass is 10.0. The highest BCUT2D eigenvalue weighted by Gasteiger charge is 2.32. The smallest absolute Gasteiger partial charge is 0.407 e. The average molecular weight is 374 g/mol. The topological polar surface area (TPSA) is 54.5 Å². The van der Waals surface area contributed by atoms with E-state index < -0.39 is 23.9 Å². The van der Waals surface area contributed by atoms with Gasteiger partial charge in [-0.1, -0.05) is 0 Å². The molecule has 122 valence electrons. The van der Waals surface area contributed by atoms with Gasteiger partial charge < -0.3 is 15.0 Å². The first-order chi connectivity index (χ1) is 10.2. The fourth-order valence-corrected chi connectivity index (χ4v) is 2.52. The predicted octanol–water partition coefficient (Wildman–Crippen LogP) is 3.29. The van der Waals surface area contributed by atoms with E-state index in [1.165, 1.54) is 0 Å². The number of alkyl carbamates (subject to hydrolysis) is 1. The molecule has 0 saturated carbocycles. The molecule has 5 nitrogen and oxygen atoms in total. The van der Waals surface area contributed by atoms with Gasteiger partial charge in [-0.2, -0.15) is 0 Å². The summed E-state index contributed by atoms with van der Waals surface area (Å²) in [4.78, 5) is 17.9. The first-order valence-corrected chi connectivity index (χ1v) is 8.04. The fourth-order valence-electron chi connectivity index (χ4n) is 2.29. The largest absolute Gasteiger partial charge is 0.444 e. The number of carbonyl (C=O) groups is 1. The Balaban J connectivity index is 1.90. The Labute approximate surface area is 138 Å². The normalized spacial score (nSPS) is 22.3. The molecule has 1 aromatic heterocycles. The number of nitrogens with zero attached hydrogens (tertiary/aromatic N) is 2. The summed E-state index contributed by atoms with van der Waals surface area (Å²) in [5.41, 5.74) is -0.585. The van der Waals surface area contributed by atoms with Crippen molar-refractivity contribution in [2.24, 2.45) is 0 Å². The number of alkyl halides is 1. The van der Waals surface area contributed by atoms with Crippen LogP contribution < -0.4 is 10.2 Å². The molecule has 0 aliphatic carbocycles. The molecule has 0 unspecified atom stereocenters. The lowest BCUT2D eigenvalue weighted by molar-refractivity contribution is 0.0463. The molecule has 22 heavy (non-hydrogen) atoms. The van der Waals surface area contributed by atoms with Crippen LogP contribution in [0.1, 0.15) is 27.2 Å². The van der Waals surface area contributed by atoms with Gasteiger partial charge in [0.05, 0.1) is 12.6 Å². The monoisotopic (exact) mass is 373 g/mol. The van der Waals surface area contributed by atoms with E-state index in [4.69, 9.17) is 4.74 Å². The number of hydrogen-bond donors (Lipinski definition) is 1. The number of nitrogens with one attached hydrogen (secondary N) is 1. The standard InChI is InChI=1S/C15H21BrFN3O2/c1-15(2,3)22-14(21)19-12-6-7-20(9-11(12)17)13-5-4-10(16)8-18-13/h4-5,8,11-12H,6-7,9H2,1-3H3,(H,19,21)/t11-,12+/m1/s1. The molecule has 1 aromatic rings. The molecular weight excluding hydrogens is 353 g/mol. The number of pyridine rings is 1. The van der Waals surface area contributed by atoms with Gasteiger partial charge in [0.25, 0.3) is 0 Å². The highest BCUT2D eigenvalue weighted by molar-refractivity contribution is 9.10. The van der Waals surface area contributed by atoms with Gasteiger partial charge in [-0.25, -0.2) is 14.2 Å². The van der Waals surface area contributed by atoms with Crippen molar-refractivity contribution in [3.8, 4) is 0 Å². The van der Waals surface area contributed by atoms with Gasteiger partial charge in [0.15, 0.2) is 0 Å². The average Bonchev–Trinajstić information content (AvgIpc) is 2.40. The third-order valence-electron chi connectivity index (χ3n) is 3.28. The molecule has 0 bridgehead atoms. The van der Waals surface area contributed by atoms with Crippen LogP contribution in [0, 0.1) is 0 Å². The van der Waals surface area contributed by atoms with E-state index in [1.54, 1.807) is 27.0 Å². The van der Waals surface area contributed by atoms with Crippen LogP contribution in [0.3, 0.4) is 0 Å². The van der Waals surface area contributed by atoms with Crippen LogP contribution in [-0.4, -0.2) is 42.0 Å². The minimum atomic E-state index is -1.16. The molecule has 1 amide bonds. The summed E-state index contributed by atoms with van der Waals surface area (Å²) in [5.74, 6) is 0.738. The van der Waals surface area contributed by atoms with E-state index in [9.17, 15) is 9.18 Å². The van der Waals surface area contributed by atoms with Crippen LogP contribution in [0.4, 0.5) is 15.0 Å². The number of halogens is 2. The minimum absolute atomic E-state index is 0.203. The number of rotatable bonds is 2. The van der Waals surface area contributed by atoms with Crippen LogP contribution in [0.25, 0.3) is 0 Å². The van der Waals surface area contributed by atoms with E-state index in [2.05, 4.69) is 26.2 Å². The number of ether oxygens (including phenoxy) is 1. The second-order valence-corrected chi connectivity index (χ2v) is 7.25. The van der Waals surface area contributed by atoms with Crippen LogP contribution in [-0.2, 0) is 4.74 Å². The Morgan fingerprint density at radius 1 is 1.50 bits per heavy atom. The van der Waals surface area contributed by atoms with Crippen LogP contribution in [0.2, 0.25) is 0 Å². The highest BCUT2D eigenvalue weighted by Crippen LogP contribution is 2.21. The van der Waals surface area contributed by atoms with E-state index in [0.29, 0.717) is 13.0 Å². The van der Waals surface area contributed by atoms with Crippen LogP contribution in [0.15, 0.2) is 22.8 Å². The van der Waals surface area contributed by atoms with Crippen molar-refractivity contribution < 1.29 is 13.9 Å². The second-order valence-electron chi connectivity index (χ2n) is 6.34. The molecule has 1 N–H and O–H groups in total. The second kappa shape index (κ2) is 6.81. The Bertz CT molecular complexity index is 519. The van der Waals surface area contributed by atoms with Crippen molar-refractivity contribution in [3.63, 3.8) is 0 Å². The molecule has 1 fully saturated rings. The quantitative estimate of drug-likeness (QED) is 0.863. The Hall–Kier alpha value is -1.37. The van der Waals surface area contributed by atoms with E-state index in [1.807, 2.05) is 17.0 Å². The molecule has 1 aliphatic heterocycles. The zero-order valence-electron chi connectivity index (χ0n) is 13.0. The maximum atomic E-state index is 14.3. The zero-order valence-corrected chi connectivity index (χ0v) is 14.6. The number of anilines is 1. The van der Waals surface area contributed by atoms with Crippen molar-refractivity contribution >= 4 is 27.8 Å².